The molecule has 2 N–H and O–H groups in total. The highest BCUT2D eigenvalue weighted by molar-refractivity contribution is 7.09. The van der Waals surface area contributed by atoms with Gasteiger partial charge in [0.15, 0.2) is 5.82 Å². The molecule has 1 aliphatic rings. The van der Waals surface area contributed by atoms with Gasteiger partial charge in [0, 0.05) is 17.1 Å². The van der Waals surface area contributed by atoms with Gasteiger partial charge in [0.25, 0.3) is 12.3 Å². The Morgan fingerprint density at radius 2 is 2.21 bits per heavy atom. The van der Waals surface area contributed by atoms with Crippen molar-refractivity contribution in [3.63, 3.8) is 0 Å². The molecule has 1 aromatic carbocycles. The summed E-state index contributed by atoms with van der Waals surface area (Å²) in [6, 6.07) is 4.63. The maximum Gasteiger partial charge on any atom is 0.295 e. The van der Waals surface area contributed by atoms with Crippen molar-refractivity contribution in [1.82, 2.24) is 20.3 Å². The molecular weight excluding hydrogens is 334 g/mol. The van der Waals surface area contributed by atoms with Crippen LogP contribution in [0.1, 0.15) is 46.5 Å². The number of alkyl halides is 2. The average molecular weight is 348 g/mol. The molecule has 1 aliphatic carbocycles. The predicted molar refractivity (Wildman–Crippen MR) is 86.1 cm³/mol. The smallest absolute Gasteiger partial charge is 0.295 e. The summed E-state index contributed by atoms with van der Waals surface area (Å²) in [4.78, 5) is 23.2. The van der Waals surface area contributed by atoms with Crippen LogP contribution >= 0.6 is 11.3 Å². The molecule has 0 radical (unpaired) electrons. The van der Waals surface area contributed by atoms with E-state index in [9.17, 15) is 13.6 Å². The summed E-state index contributed by atoms with van der Waals surface area (Å²) < 4.78 is 25.4. The number of halogens is 2. The highest BCUT2D eigenvalue weighted by atomic mass is 32.1. The Hall–Kier alpha value is -2.35. The van der Waals surface area contributed by atoms with Crippen molar-refractivity contribution < 1.29 is 13.6 Å². The Kier molecular flexibility index (Phi) is 3.76. The molecule has 0 saturated heterocycles. The van der Waals surface area contributed by atoms with Gasteiger partial charge in [-0.05, 0) is 37.0 Å². The Balaban J connectivity index is 1.58. The number of carbonyl (C=O) groups is 1. The molecule has 0 spiro atoms. The molecule has 1 unspecified atom stereocenters. The summed E-state index contributed by atoms with van der Waals surface area (Å²) in [5, 5.41) is 5.80. The van der Waals surface area contributed by atoms with Crippen LogP contribution in [0.4, 0.5) is 8.78 Å². The number of imidazole rings is 1. The van der Waals surface area contributed by atoms with Crippen LogP contribution in [0.15, 0.2) is 29.8 Å². The van der Waals surface area contributed by atoms with Crippen LogP contribution in [0.25, 0.3) is 11.0 Å². The van der Waals surface area contributed by atoms with Crippen LogP contribution in [0.3, 0.4) is 0 Å². The summed E-state index contributed by atoms with van der Waals surface area (Å²) >= 11 is 1.52. The van der Waals surface area contributed by atoms with Crippen LogP contribution in [-0.2, 0) is 0 Å². The summed E-state index contributed by atoms with van der Waals surface area (Å²) in [5.41, 5.74) is 1.25. The molecule has 5 nitrogen and oxygen atoms in total. The highest BCUT2D eigenvalue weighted by Gasteiger charge is 2.35. The normalized spacial score (nSPS) is 15.8. The van der Waals surface area contributed by atoms with E-state index in [1.54, 1.807) is 24.4 Å². The zero-order valence-electron chi connectivity index (χ0n) is 12.5. The molecule has 2 heterocycles. The summed E-state index contributed by atoms with van der Waals surface area (Å²) in [6.45, 7) is 0. The molecule has 4 rings (SSSR count). The van der Waals surface area contributed by atoms with Crippen molar-refractivity contribution >= 4 is 28.3 Å². The number of benzene rings is 1. The molecule has 24 heavy (non-hydrogen) atoms. The van der Waals surface area contributed by atoms with Gasteiger partial charge in [-0.25, -0.2) is 18.7 Å². The fraction of sp³-hybridized carbons (Fsp3) is 0.312. The fourth-order valence-electron chi connectivity index (χ4n) is 2.70. The van der Waals surface area contributed by atoms with Gasteiger partial charge in [0.2, 0.25) is 0 Å². The summed E-state index contributed by atoms with van der Waals surface area (Å²) in [5.74, 6) is -0.209. The van der Waals surface area contributed by atoms with E-state index < -0.39 is 6.43 Å². The molecule has 3 aromatic rings. The lowest BCUT2D eigenvalue weighted by Gasteiger charge is -2.15. The van der Waals surface area contributed by atoms with Gasteiger partial charge < -0.3 is 10.3 Å². The number of fused-ring (bicyclic) bond motifs is 1. The Labute approximate surface area is 140 Å². The van der Waals surface area contributed by atoms with E-state index in [0.717, 1.165) is 17.8 Å². The van der Waals surface area contributed by atoms with E-state index >= 15 is 0 Å². The SMILES string of the molecule is O=C(NC(c1nccs1)C1CC1)c1ccc2nc(C(F)F)[nH]c2c1. The minimum absolute atomic E-state index is 0.0911. The molecule has 0 bridgehead atoms. The van der Waals surface area contributed by atoms with Gasteiger partial charge in [-0.1, -0.05) is 0 Å². The van der Waals surface area contributed by atoms with E-state index in [2.05, 4.69) is 20.3 Å². The van der Waals surface area contributed by atoms with Crippen molar-refractivity contribution in [2.24, 2.45) is 5.92 Å². The first-order chi connectivity index (χ1) is 11.6. The molecular formula is C16H14F2N4OS. The first kappa shape index (κ1) is 15.2. The maximum atomic E-state index is 12.7. The lowest BCUT2D eigenvalue weighted by molar-refractivity contribution is 0.0931. The number of nitrogens with zero attached hydrogens (tertiary/aromatic N) is 2. The van der Waals surface area contributed by atoms with E-state index in [1.807, 2.05) is 5.38 Å². The maximum absolute atomic E-state index is 12.7. The number of amides is 1. The number of hydrogen-bond acceptors (Lipinski definition) is 4. The van der Waals surface area contributed by atoms with Gasteiger partial charge in [-0.3, -0.25) is 4.79 Å². The monoisotopic (exact) mass is 348 g/mol. The van der Waals surface area contributed by atoms with E-state index in [1.165, 1.54) is 11.3 Å². The molecule has 1 atom stereocenters. The van der Waals surface area contributed by atoms with Gasteiger partial charge in [-0.15, -0.1) is 11.3 Å². The topological polar surface area (TPSA) is 70.7 Å². The van der Waals surface area contributed by atoms with Gasteiger partial charge in [0.1, 0.15) is 5.01 Å². The number of aromatic amines is 1. The lowest BCUT2D eigenvalue weighted by Crippen LogP contribution is -2.29. The van der Waals surface area contributed by atoms with Crippen molar-refractivity contribution in [2.45, 2.75) is 25.3 Å². The number of thiazole rings is 1. The first-order valence-corrected chi connectivity index (χ1v) is 8.48. The standard InChI is InChI=1S/C16H14F2N4OS/c17-13(18)14-20-10-4-3-9(7-11(10)21-14)15(23)22-12(8-1-2-8)16-19-5-6-24-16/h3-8,12-13H,1-2H2,(H,20,21)(H,22,23). The number of aromatic nitrogens is 3. The van der Waals surface area contributed by atoms with Crippen molar-refractivity contribution in [2.75, 3.05) is 0 Å². The quantitative estimate of drug-likeness (QED) is 0.736. The zero-order valence-corrected chi connectivity index (χ0v) is 13.3. The van der Waals surface area contributed by atoms with Crippen molar-refractivity contribution in [3.8, 4) is 0 Å². The van der Waals surface area contributed by atoms with Crippen molar-refractivity contribution in [3.05, 3.63) is 46.2 Å². The number of nitrogens with one attached hydrogen (secondary N) is 2. The van der Waals surface area contributed by atoms with Crippen LogP contribution in [-0.4, -0.2) is 20.9 Å². The summed E-state index contributed by atoms with van der Waals surface area (Å²) in [6.07, 6.45) is 1.20. The van der Waals surface area contributed by atoms with Gasteiger partial charge in [-0.2, -0.15) is 0 Å². The first-order valence-electron chi connectivity index (χ1n) is 7.60. The second-order valence-electron chi connectivity index (χ2n) is 5.81. The van der Waals surface area contributed by atoms with E-state index in [-0.39, 0.29) is 17.8 Å². The lowest BCUT2D eigenvalue weighted by atomic mass is 10.1. The van der Waals surface area contributed by atoms with Crippen molar-refractivity contribution in [1.29, 1.82) is 0 Å². The largest absolute Gasteiger partial charge is 0.343 e. The number of rotatable bonds is 5. The molecule has 0 aliphatic heterocycles. The zero-order chi connectivity index (χ0) is 16.7. The van der Waals surface area contributed by atoms with Crippen LogP contribution in [0.5, 0.6) is 0 Å². The van der Waals surface area contributed by atoms with Crippen LogP contribution < -0.4 is 5.32 Å². The van der Waals surface area contributed by atoms with E-state index in [4.69, 9.17) is 0 Å². The third-order valence-electron chi connectivity index (χ3n) is 4.07. The Bertz CT molecular complexity index is 873. The number of carbonyl (C=O) groups excluding carboxylic acids is 1. The van der Waals surface area contributed by atoms with Crippen LogP contribution in [0.2, 0.25) is 0 Å². The molecule has 124 valence electrons. The molecule has 1 saturated carbocycles. The molecule has 1 fully saturated rings. The Morgan fingerprint density at radius 3 is 2.88 bits per heavy atom. The average Bonchev–Trinajstić information content (AvgIpc) is 3.10. The fourth-order valence-corrected chi connectivity index (χ4v) is 3.48. The van der Waals surface area contributed by atoms with Gasteiger partial charge >= 0.3 is 0 Å². The minimum Gasteiger partial charge on any atom is -0.343 e. The van der Waals surface area contributed by atoms with E-state index in [0.29, 0.717) is 22.5 Å². The number of hydrogen-bond donors (Lipinski definition) is 2. The molecule has 2 aromatic heterocycles. The highest BCUT2D eigenvalue weighted by Crippen LogP contribution is 2.41. The second kappa shape index (κ2) is 5.94. The molecule has 8 heteroatoms. The minimum atomic E-state index is -2.67. The number of H-pyrrole nitrogens is 1. The predicted octanol–water partition coefficient (Wildman–Crippen LogP) is 3.84. The van der Waals surface area contributed by atoms with Gasteiger partial charge in [0.05, 0.1) is 17.1 Å². The third kappa shape index (κ3) is 2.89. The molecule has 1 amide bonds. The Morgan fingerprint density at radius 1 is 1.38 bits per heavy atom. The van der Waals surface area contributed by atoms with Crippen LogP contribution in [0, 0.1) is 5.92 Å². The second-order valence-corrected chi connectivity index (χ2v) is 6.74. The summed E-state index contributed by atoms with van der Waals surface area (Å²) in [7, 11) is 0. The third-order valence-corrected chi connectivity index (χ3v) is 4.93.